The molecule has 0 saturated carbocycles. The minimum atomic E-state index is -0.467. The SMILES string of the molecule is COCCN1C(=O)c2ccccc2[C@H](C(=O)NCCCN2CCN(c3cc(C)ccc3C)CC2)[C@@H]1c1cccs1. The predicted molar refractivity (Wildman–Crippen MR) is 161 cm³/mol. The molecule has 1 saturated heterocycles. The normalized spacial score (nSPS) is 19.5. The Bertz CT molecular complexity index is 1300. The van der Waals surface area contributed by atoms with Crippen molar-refractivity contribution in [3.8, 4) is 0 Å². The Morgan fingerprint density at radius 3 is 2.58 bits per heavy atom. The van der Waals surface area contributed by atoms with E-state index in [1.54, 1.807) is 18.4 Å². The maximum Gasteiger partial charge on any atom is 0.254 e. The molecular formula is C32H40N4O3S. The lowest BCUT2D eigenvalue weighted by atomic mass is 9.81. The van der Waals surface area contributed by atoms with Crippen LogP contribution >= 0.6 is 11.3 Å². The van der Waals surface area contributed by atoms with E-state index in [4.69, 9.17) is 4.74 Å². The average molecular weight is 561 g/mol. The summed E-state index contributed by atoms with van der Waals surface area (Å²) in [5, 5.41) is 5.23. The van der Waals surface area contributed by atoms with Gasteiger partial charge in [-0.1, -0.05) is 36.4 Å². The molecule has 2 atom stereocenters. The Hall–Kier alpha value is -3.20. The van der Waals surface area contributed by atoms with Crippen LogP contribution in [0.1, 0.15) is 50.3 Å². The molecule has 8 heteroatoms. The summed E-state index contributed by atoms with van der Waals surface area (Å²) in [6, 6.07) is 17.9. The van der Waals surface area contributed by atoms with Gasteiger partial charge in [-0.05, 0) is 67.1 Å². The van der Waals surface area contributed by atoms with Crippen LogP contribution in [-0.2, 0) is 9.53 Å². The molecule has 2 aliphatic heterocycles. The fourth-order valence-electron chi connectivity index (χ4n) is 5.98. The highest BCUT2D eigenvalue weighted by Gasteiger charge is 2.44. The van der Waals surface area contributed by atoms with Crippen LogP contribution in [-0.4, -0.2) is 81.1 Å². The lowest BCUT2D eigenvalue weighted by molar-refractivity contribution is -0.124. The average Bonchev–Trinajstić information content (AvgIpc) is 3.51. The fourth-order valence-corrected chi connectivity index (χ4v) is 6.86. The molecule has 5 rings (SSSR count). The van der Waals surface area contributed by atoms with Crippen LogP contribution in [0.25, 0.3) is 0 Å². The molecule has 2 amide bonds. The van der Waals surface area contributed by atoms with Crippen molar-refractivity contribution in [2.24, 2.45) is 0 Å². The van der Waals surface area contributed by atoms with Gasteiger partial charge in [0.1, 0.15) is 0 Å². The van der Waals surface area contributed by atoms with Gasteiger partial charge < -0.3 is 19.9 Å². The second-order valence-corrected chi connectivity index (χ2v) is 11.8. The van der Waals surface area contributed by atoms with Crippen LogP contribution in [0.2, 0.25) is 0 Å². The highest BCUT2D eigenvalue weighted by molar-refractivity contribution is 7.10. The molecule has 1 fully saturated rings. The largest absolute Gasteiger partial charge is 0.383 e. The molecule has 0 bridgehead atoms. The molecule has 2 aliphatic rings. The van der Waals surface area contributed by atoms with Crippen LogP contribution in [0.15, 0.2) is 60.0 Å². The van der Waals surface area contributed by atoms with Gasteiger partial charge in [0.15, 0.2) is 0 Å². The number of anilines is 1. The summed E-state index contributed by atoms with van der Waals surface area (Å²) >= 11 is 1.59. The first-order valence-corrected chi connectivity index (χ1v) is 15.1. The third kappa shape index (κ3) is 6.09. The van der Waals surface area contributed by atoms with Crippen molar-refractivity contribution in [1.29, 1.82) is 0 Å². The Morgan fingerprint density at radius 2 is 1.82 bits per heavy atom. The smallest absolute Gasteiger partial charge is 0.254 e. The summed E-state index contributed by atoms with van der Waals surface area (Å²) in [5.74, 6) is -0.541. The number of nitrogens with one attached hydrogen (secondary N) is 1. The minimum Gasteiger partial charge on any atom is -0.383 e. The summed E-state index contributed by atoms with van der Waals surface area (Å²) in [4.78, 5) is 35.1. The number of ether oxygens (including phenoxy) is 1. The molecule has 3 aromatic rings. The van der Waals surface area contributed by atoms with Crippen molar-refractivity contribution in [1.82, 2.24) is 15.1 Å². The van der Waals surface area contributed by atoms with Crippen LogP contribution < -0.4 is 10.2 Å². The van der Waals surface area contributed by atoms with Gasteiger partial charge in [0, 0.05) is 62.5 Å². The van der Waals surface area contributed by atoms with E-state index in [9.17, 15) is 9.59 Å². The fraction of sp³-hybridized carbons (Fsp3) is 0.438. The van der Waals surface area contributed by atoms with Crippen molar-refractivity contribution < 1.29 is 14.3 Å². The molecular weight excluding hydrogens is 520 g/mol. The number of rotatable bonds is 10. The van der Waals surface area contributed by atoms with E-state index in [0.717, 1.165) is 49.6 Å². The third-order valence-electron chi connectivity index (χ3n) is 8.12. The molecule has 7 nitrogen and oxygen atoms in total. The number of thiophene rings is 1. The molecule has 2 aromatic carbocycles. The van der Waals surface area contributed by atoms with Crippen molar-refractivity contribution in [2.45, 2.75) is 32.2 Å². The van der Waals surface area contributed by atoms with E-state index in [-0.39, 0.29) is 17.9 Å². The first kappa shape index (κ1) is 28.3. The Morgan fingerprint density at radius 1 is 1.02 bits per heavy atom. The summed E-state index contributed by atoms with van der Waals surface area (Å²) in [7, 11) is 1.64. The number of nitrogens with zero attached hydrogens (tertiary/aromatic N) is 3. The van der Waals surface area contributed by atoms with E-state index in [1.807, 2.05) is 46.7 Å². The van der Waals surface area contributed by atoms with Gasteiger partial charge in [-0.15, -0.1) is 11.3 Å². The molecule has 212 valence electrons. The standard InChI is InChI=1S/C32H40N4O3S/c1-23-11-12-24(2)27(22-23)35-17-15-34(16-18-35)14-7-13-33-31(37)29-25-8-4-5-9-26(25)32(38)36(19-20-39-3)30(29)28-10-6-21-40-28/h4-6,8-12,21-22,29-30H,7,13-20H2,1-3H3,(H,33,37)/t29-,30-/m0/s1. The minimum absolute atomic E-state index is 0.0273. The molecule has 1 aromatic heterocycles. The van der Waals surface area contributed by atoms with Crippen LogP contribution in [0.3, 0.4) is 0 Å². The zero-order valence-electron chi connectivity index (χ0n) is 23.8. The second kappa shape index (κ2) is 13.0. The Labute approximate surface area is 241 Å². The number of hydrogen-bond donors (Lipinski definition) is 1. The van der Waals surface area contributed by atoms with E-state index in [2.05, 4.69) is 47.2 Å². The van der Waals surface area contributed by atoms with Crippen molar-refractivity contribution in [3.05, 3.63) is 87.1 Å². The second-order valence-electron chi connectivity index (χ2n) is 10.8. The molecule has 0 spiro atoms. The Balaban J connectivity index is 1.21. The van der Waals surface area contributed by atoms with Gasteiger partial charge in [0.25, 0.3) is 5.91 Å². The zero-order valence-corrected chi connectivity index (χ0v) is 24.6. The maximum absolute atomic E-state index is 13.8. The number of amides is 2. The van der Waals surface area contributed by atoms with Gasteiger partial charge in [-0.2, -0.15) is 0 Å². The van der Waals surface area contributed by atoms with Gasteiger partial charge in [0.05, 0.1) is 18.6 Å². The van der Waals surface area contributed by atoms with Crippen LogP contribution in [0.5, 0.6) is 0 Å². The van der Waals surface area contributed by atoms with Crippen molar-refractivity contribution in [2.75, 3.05) is 64.4 Å². The van der Waals surface area contributed by atoms with E-state index in [0.29, 0.717) is 25.3 Å². The number of piperazine rings is 1. The van der Waals surface area contributed by atoms with E-state index >= 15 is 0 Å². The van der Waals surface area contributed by atoms with Gasteiger partial charge in [-0.3, -0.25) is 14.5 Å². The number of fused-ring (bicyclic) bond motifs is 1. The molecule has 1 N–H and O–H groups in total. The third-order valence-corrected chi connectivity index (χ3v) is 9.06. The van der Waals surface area contributed by atoms with Gasteiger partial charge in [-0.25, -0.2) is 0 Å². The first-order valence-electron chi connectivity index (χ1n) is 14.2. The molecule has 3 heterocycles. The monoisotopic (exact) mass is 560 g/mol. The molecule has 40 heavy (non-hydrogen) atoms. The Kier molecular flexibility index (Phi) is 9.19. The van der Waals surface area contributed by atoms with E-state index in [1.165, 1.54) is 16.8 Å². The topological polar surface area (TPSA) is 65.1 Å². The number of carbonyl (C=O) groups is 2. The van der Waals surface area contributed by atoms with Gasteiger partial charge >= 0.3 is 0 Å². The van der Waals surface area contributed by atoms with Gasteiger partial charge in [0.2, 0.25) is 5.91 Å². The number of methoxy groups -OCH3 is 1. The number of hydrogen-bond acceptors (Lipinski definition) is 6. The summed E-state index contributed by atoms with van der Waals surface area (Å²) in [5.41, 5.74) is 5.38. The highest BCUT2D eigenvalue weighted by atomic mass is 32.1. The molecule has 0 aliphatic carbocycles. The molecule has 0 unspecified atom stereocenters. The zero-order chi connectivity index (χ0) is 28.1. The van der Waals surface area contributed by atoms with E-state index < -0.39 is 5.92 Å². The number of aryl methyl sites for hydroxylation is 2. The summed E-state index contributed by atoms with van der Waals surface area (Å²) < 4.78 is 5.32. The highest BCUT2D eigenvalue weighted by Crippen LogP contribution is 2.44. The van der Waals surface area contributed by atoms with Crippen molar-refractivity contribution >= 4 is 28.8 Å². The summed E-state index contributed by atoms with van der Waals surface area (Å²) in [6.07, 6.45) is 0.888. The quantitative estimate of drug-likeness (QED) is 0.367. The molecule has 0 radical (unpaired) electrons. The first-order chi connectivity index (χ1) is 19.5. The number of carbonyl (C=O) groups excluding carboxylic acids is 2. The van der Waals surface area contributed by atoms with Crippen LogP contribution in [0, 0.1) is 13.8 Å². The van der Waals surface area contributed by atoms with Crippen molar-refractivity contribution in [3.63, 3.8) is 0 Å². The maximum atomic E-state index is 13.8. The number of benzene rings is 2. The van der Waals surface area contributed by atoms with Crippen LogP contribution in [0.4, 0.5) is 5.69 Å². The summed E-state index contributed by atoms with van der Waals surface area (Å²) in [6.45, 7) is 10.8. The lowest BCUT2D eigenvalue weighted by Gasteiger charge is -2.41. The predicted octanol–water partition coefficient (Wildman–Crippen LogP) is 4.62. The lowest BCUT2D eigenvalue weighted by Crippen LogP contribution is -2.49.